The number of ether oxygens (including phenoxy) is 1. The van der Waals surface area contributed by atoms with E-state index in [0.717, 1.165) is 5.56 Å². The molecule has 8 heteroatoms. The number of amides is 2. The highest BCUT2D eigenvalue weighted by atomic mass is 35.5. The number of anilines is 2. The van der Waals surface area contributed by atoms with Crippen LogP contribution in [0.5, 0.6) is 5.75 Å². The molecule has 0 aliphatic carbocycles. The van der Waals surface area contributed by atoms with Gasteiger partial charge in [-0.25, -0.2) is 4.39 Å². The van der Waals surface area contributed by atoms with Gasteiger partial charge in [0.05, 0.1) is 0 Å². The lowest BCUT2D eigenvalue weighted by atomic mass is 10.1. The van der Waals surface area contributed by atoms with Crippen LogP contribution >= 0.6 is 11.6 Å². The lowest BCUT2D eigenvalue weighted by Gasteiger charge is -2.11. The predicted octanol–water partition coefficient (Wildman–Crippen LogP) is 5.35. The number of nitrogens with zero attached hydrogens (tertiary/aromatic N) is 1. The second-order valence-corrected chi connectivity index (χ2v) is 7.45. The molecule has 0 unspecified atom stereocenters. The van der Waals surface area contributed by atoms with Crippen LogP contribution in [0.15, 0.2) is 72.3 Å². The first kappa shape index (κ1) is 23.5. The molecule has 3 aromatic carbocycles. The van der Waals surface area contributed by atoms with E-state index in [1.165, 1.54) is 36.4 Å². The topological polar surface area (TPSA) is 91.2 Å². The van der Waals surface area contributed by atoms with Crippen LogP contribution in [0.1, 0.15) is 11.1 Å². The molecule has 0 aromatic heterocycles. The molecule has 2 N–H and O–H groups in total. The Hall–Kier alpha value is -4.15. The van der Waals surface area contributed by atoms with Gasteiger partial charge in [-0.05, 0) is 67.6 Å². The van der Waals surface area contributed by atoms with Crippen molar-refractivity contribution in [1.82, 2.24) is 0 Å². The summed E-state index contributed by atoms with van der Waals surface area (Å²) in [6.07, 6.45) is 1.30. The van der Waals surface area contributed by atoms with Crippen molar-refractivity contribution in [2.75, 3.05) is 17.2 Å². The smallest absolute Gasteiger partial charge is 0.266 e. The quantitative estimate of drug-likeness (QED) is 0.365. The van der Waals surface area contributed by atoms with E-state index in [0.29, 0.717) is 22.0 Å². The maximum Gasteiger partial charge on any atom is 0.266 e. The summed E-state index contributed by atoms with van der Waals surface area (Å²) in [6, 6.07) is 18.9. The molecule has 0 aliphatic rings. The molecule has 6 nitrogen and oxygen atoms in total. The summed E-state index contributed by atoms with van der Waals surface area (Å²) < 4.78 is 18.7. The molecule has 0 heterocycles. The van der Waals surface area contributed by atoms with Gasteiger partial charge in [-0.15, -0.1) is 0 Å². The molecule has 0 saturated heterocycles. The van der Waals surface area contributed by atoms with Crippen LogP contribution in [0, 0.1) is 24.1 Å². The van der Waals surface area contributed by atoms with Crippen molar-refractivity contribution in [1.29, 1.82) is 5.26 Å². The zero-order valence-electron chi connectivity index (χ0n) is 17.6. The summed E-state index contributed by atoms with van der Waals surface area (Å²) in [7, 11) is 0. The van der Waals surface area contributed by atoms with Crippen molar-refractivity contribution in [2.45, 2.75) is 6.92 Å². The second kappa shape index (κ2) is 10.9. The molecule has 3 rings (SSSR count). The van der Waals surface area contributed by atoms with Crippen molar-refractivity contribution in [3.05, 3.63) is 94.3 Å². The molecule has 166 valence electrons. The summed E-state index contributed by atoms with van der Waals surface area (Å²) in [5.74, 6) is -1.25. The van der Waals surface area contributed by atoms with Gasteiger partial charge in [-0.1, -0.05) is 29.3 Å². The Kier molecular flexibility index (Phi) is 7.79. The van der Waals surface area contributed by atoms with Gasteiger partial charge in [-0.2, -0.15) is 5.26 Å². The van der Waals surface area contributed by atoms with Crippen molar-refractivity contribution < 1.29 is 18.7 Å². The Bertz CT molecular complexity index is 1230. The van der Waals surface area contributed by atoms with E-state index >= 15 is 0 Å². The van der Waals surface area contributed by atoms with Crippen LogP contribution in [0.3, 0.4) is 0 Å². The van der Waals surface area contributed by atoms with Crippen molar-refractivity contribution >= 4 is 40.9 Å². The molecule has 0 fully saturated rings. The third kappa shape index (κ3) is 6.92. The first-order valence-corrected chi connectivity index (χ1v) is 10.2. The third-order valence-corrected chi connectivity index (χ3v) is 4.67. The molecule has 33 heavy (non-hydrogen) atoms. The van der Waals surface area contributed by atoms with Crippen molar-refractivity contribution in [3.8, 4) is 11.8 Å². The van der Waals surface area contributed by atoms with Gasteiger partial charge < -0.3 is 15.4 Å². The average molecular weight is 464 g/mol. The average Bonchev–Trinajstić information content (AvgIpc) is 2.79. The largest absolute Gasteiger partial charge is 0.483 e. The van der Waals surface area contributed by atoms with Gasteiger partial charge in [0.15, 0.2) is 6.61 Å². The van der Waals surface area contributed by atoms with Gasteiger partial charge in [0.1, 0.15) is 23.2 Å². The number of benzene rings is 3. The number of carbonyl (C=O) groups is 2. The fourth-order valence-corrected chi connectivity index (χ4v) is 2.96. The first-order chi connectivity index (χ1) is 15.8. The fourth-order valence-electron chi connectivity index (χ4n) is 2.78. The zero-order valence-corrected chi connectivity index (χ0v) is 18.3. The molecule has 2 amide bonds. The Morgan fingerprint density at radius 3 is 2.33 bits per heavy atom. The highest BCUT2D eigenvalue weighted by molar-refractivity contribution is 6.30. The van der Waals surface area contributed by atoms with Gasteiger partial charge >= 0.3 is 0 Å². The van der Waals surface area contributed by atoms with Crippen LogP contribution in [0.4, 0.5) is 15.8 Å². The maximum atomic E-state index is 13.1. The van der Waals surface area contributed by atoms with Crippen LogP contribution in [-0.4, -0.2) is 18.4 Å². The molecule has 0 atom stereocenters. The molecule has 3 aromatic rings. The molecule has 0 saturated carbocycles. The first-order valence-electron chi connectivity index (χ1n) is 9.81. The summed E-state index contributed by atoms with van der Waals surface area (Å²) >= 11 is 6.07. The molecular formula is C25H19ClFN3O3. The summed E-state index contributed by atoms with van der Waals surface area (Å²) in [6.45, 7) is 1.65. The predicted molar refractivity (Wildman–Crippen MR) is 125 cm³/mol. The van der Waals surface area contributed by atoms with E-state index in [9.17, 15) is 19.2 Å². The third-order valence-electron chi connectivity index (χ3n) is 4.43. The van der Waals surface area contributed by atoms with E-state index in [2.05, 4.69) is 10.6 Å². The normalized spacial score (nSPS) is 10.8. The standard InChI is InChI=1S/C25H19ClFN3O3/c1-16-2-7-21(8-3-16)29-24(31)15-33-23-11-4-19(26)13-17(23)12-18(14-28)25(32)30-22-9-5-20(27)6-10-22/h2-13H,15H2,1H3,(H,29,31)(H,30,32)/b18-12+. The molecule has 0 bridgehead atoms. The monoisotopic (exact) mass is 463 g/mol. The minimum absolute atomic E-state index is 0.226. The SMILES string of the molecule is Cc1ccc(NC(=O)COc2ccc(Cl)cc2/C=C(\C#N)C(=O)Nc2ccc(F)cc2)cc1. The van der Waals surface area contributed by atoms with Gasteiger partial charge in [0.25, 0.3) is 11.8 Å². The summed E-state index contributed by atoms with van der Waals surface area (Å²) in [4.78, 5) is 24.7. The molecule has 0 aliphatic heterocycles. The second-order valence-electron chi connectivity index (χ2n) is 7.02. The van der Waals surface area contributed by atoms with Gasteiger partial charge in [0, 0.05) is 22.0 Å². The summed E-state index contributed by atoms with van der Waals surface area (Å²) in [5.41, 5.74) is 2.15. The Balaban J connectivity index is 1.73. The van der Waals surface area contributed by atoms with E-state index < -0.39 is 11.7 Å². The number of halogens is 2. The Morgan fingerprint density at radius 2 is 1.67 bits per heavy atom. The van der Waals surface area contributed by atoms with E-state index in [1.54, 1.807) is 24.3 Å². The number of nitriles is 1. The minimum Gasteiger partial charge on any atom is -0.483 e. The molecular weight excluding hydrogens is 445 g/mol. The number of hydrogen-bond donors (Lipinski definition) is 2. The Labute approximate surface area is 195 Å². The minimum atomic E-state index is -0.688. The summed E-state index contributed by atoms with van der Waals surface area (Å²) in [5, 5.41) is 15.1. The van der Waals surface area contributed by atoms with Crippen LogP contribution in [0.25, 0.3) is 6.08 Å². The lowest BCUT2D eigenvalue weighted by Crippen LogP contribution is -2.20. The van der Waals surface area contributed by atoms with Crippen LogP contribution in [0.2, 0.25) is 5.02 Å². The van der Waals surface area contributed by atoms with E-state index in [1.807, 2.05) is 25.1 Å². The number of carbonyl (C=O) groups excluding carboxylic acids is 2. The molecule has 0 radical (unpaired) electrons. The maximum absolute atomic E-state index is 13.1. The molecule has 0 spiro atoms. The van der Waals surface area contributed by atoms with Crippen molar-refractivity contribution in [3.63, 3.8) is 0 Å². The Morgan fingerprint density at radius 1 is 1.03 bits per heavy atom. The zero-order chi connectivity index (χ0) is 23.8. The van der Waals surface area contributed by atoms with Gasteiger partial charge in [-0.3, -0.25) is 9.59 Å². The number of hydrogen-bond acceptors (Lipinski definition) is 4. The van der Waals surface area contributed by atoms with E-state index in [-0.39, 0.29) is 23.8 Å². The lowest BCUT2D eigenvalue weighted by molar-refractivity contribution is -0.118. The van der Waals surface area contributed by atoms with Gasteiger partial charge in [0.2, 0.25) is 0 Å². The number of aryl methyl sites for hydroxylation is 1. The number of nitrogens with one attached hydrogen (secondary N) is 2. The van der Waals surface area contributed by atoms with Crippen LogP contribution < -0.4 is 15.4 Å². The fraction of sp³-hybridized carbons (Fsp3) is 0.0800. The number of rotatable bonds is 7. The highest BCUT2D eigenvalue weighted by Crippen LogP contribution is 2.26. The van der Waals surface area contributed by atoms with E-state index in [4.69, 9.17) is 16.3 Å². The van der Waals surface area contributed by atoms with Crippen molar-refractivity contribution in [2.24, 2.45) is 0 Å². The highest BCUT2D eigenvalue weighted by Gasteiger charge is 2.13. The van der Waals surface area contributed by atoms with Crippen LogP contribution in [-0.2, 0) is 9.59 Å².